The second-order valence-corrected chi connectivity index (χ2v) is 8.84. The topological polar surface area (TPSA) is 124 Å². The highest BCUT2D eigenvalue weighted by Crippen LogP contribution is 2.34. The van der Waals surface area contributed by atoms with Crippen LogP contribution in [-0.2, 0) is 17.5 Å². The Bertz CT molecular complexity index is 1490. The Hall–Kier alpha value is -3.55. The molecular weight excluding hydrogens is 576 g/mol. The summed E-state index contributed by atoms with van der Waals surface area (Å²) in [7, 11) is 0. The first-order chi connectivity index (χ1) is 18.0. The van der Waals surface area contributed by atoms with Gasteiger partial charge >= 0.3 is 18.0 Å². The van der Waals surface area contributed by atoms with Crippen LogP contribution < -0.4 is 15.4 Å². The predicted octanol–water partition coefficient (Wildman–Crippen LogP) is 4.37. The zero-order chi connectivity index (χ0) is 27.4. The molecular formula is C22H16Cl3F3N6O4. The van der Waals surface area contributed by atoms with Crippen molar-refractivity contribution < 1.29 is 32.0 Å². The standard InChI is InChI=1S/C22H16Cl3F3N6O4/c23-11-7-13(25)16(8-12(11)24)37-10-18(35)29-5-6-30-19(36)20-32-17(33-38-20)9-34-15-4-2-1-3-14(15)31-21(34)22(26,27)28/h1-4,7-8H,5-6,9-10H2,(H,29,35)(H,30,36). The summed E-state index contributed by atoms with van der Waals surface area (Å²) in [4.78, 5) is 31.7. The Balaban J connectivity index is 1.27. The number of fused-ring (bicyclic) bond motifs is 1. The van der Waals surface area contributed by atoms with Gasteiger partial charge in [-0.3, -0.25) is 9.59 Å². The van der Waals surface area contributed by atoms with Crippen molar-refractivity contribution in [3.05, 3.63) is 69.0 Å². The Morgan fingerprint density at radius 1 is 1.00 bits per heavy atom. The van der Waals surface area contributed by atoms with Gasteiger partial charge in [-0.1, -0.05) is 52.1 Å². The Morgan fingerprint density at radius 3 is 2.47 bits per heavy atom. The summed E-state index contributed by atoms with van der Waals surface area (Å²) in [6.07, 6.45) is -4.72. The molecule has 0 radical (unpaired) electrons. The average molecular weight is 592 g/mol. The molecule has 2 heterocycles. The molecule has 0 fully saturated rings. The summed E-state index contributed by atoms with van der Waals surface area (Å²) in [5.41, 5.74) is 0.366. The third-order valence-electron chi connectivity index (χ3n) is 4.94. The maximum atomic E-state index is 13.5. The van der Waals surface area contributed by atoms with Crippen LogP contribution in [0.4, 0.5) is 13.2 Å². The molecule has 16 heteroatoms. The summed E-state index contributed by atoms with van der Waals surface area (Å²) in [5, 5.41) is 9.17. The molecule has 0 spiro atoms. The summed E-state index contributed by atoms with van der Waals surface area (Å²) >= 11 is 17.7. The van der Waals surface area contributed by atoms with E-state index >= 15 is 0 Å². The van der Waals surface area contributed by atoms with Crippen LogP contribution in [0.25, 0.3) is 11.0 Å². The molecule has 200 valence electrons. The van der Waals surface area contributed by atoms with Gasteiger partial charge in [0.05, 0.1) is 32.6 Å². The Morgan fingerprint density at radius 2 is 1.71 bits per heavy atom. The quantitative estimate of drug-likeness (QED) is 0.219. The third-order valence-corrected chi connectivity index (χ3v) is 5.95. The second kappa shape index (κ2) is 11.5. The first kappa shape index (κ1) is 27.5. The molecule has 0 saturated heterocycles. The van der Waals surface area contributed by atoms with Crippen molar-refractivity contribution in [3.63, 3.8) is 0 Å². The first-order valence-corrected chi connectivity index (χ1v) is 11.8. The van der Waals surface area contributed by atoms with E-state index in [9.17, 15) is 22.8 Å². The summed E-state index contributed by atoms with van der Waals surface area (Å²) in [6, 6.07) is 8.81. The summed E-state index contributed by atoms with van der Waals surface area (Å²) < 4.78 is 51.5. The lowest BCUT2D eigenvalue weighted by atomic mass is 10.3. The fraction of sp³-hybridized carbons (Fsp3) is 0.227. The van der Waals surface area contributed by atoms with Crippen LogP contribution in [-0.4, -0.2) is 51.2 Å². The number of nitrogens with one attached hydrogen (secondary N) is 2. The van der Waals surface area contributed by atoms with E-state index in [4.69, 9.17) is 44.1 Å². The number of nitrogens with zero attached hydrogens (tertiary/aromatic N) is 4. The lowest BCUT2D eigenvalue weighted by Crippen LogP contribution is -2.36. The van der Waals surface area contributed by atoms with E-state index in [0.29, 0.717) is 0 Å². The number of amides is 2. The van der Waals surface area contributed by atoms with E-state index in [1.807, 2.05) is 0 Å². The molecule has 0 bridgehead atoms. The molecule has 10 nitrogen and oxygen atoms in total. The van der Waals surface area contributed by atoms with Crippen LogP contribution in [0.3, 0.4) is 0 Å². The van der Waals surface area contributed by atoms with Gasteiger partial charge in [-0.15, -0.1) is 0 Å². The number of aromatic nitrogens is 4. The monoisotopic (exact) mass is 590 g/mol. The maximum Gasteiger partial charge on any atom is 0.449 e. The molecule has 2 amide bonds. The molecule has 0 atom stereocenters. The number of ether oxygens (including phenoxy) is 1. The molecule has 38 heavy (non-hydrogen) atoms. The average Bonchev–Trinajstić information content (AvgIpc) is 3.48. The molecule has 0 aliphatic carbocycles. The molecule has 4 rings (SSSR count). The van der Waals surface area contributed by atoms with Gasteiger partial charge in [-0.05, 0) is 18.2 Å². The molecule has 2 N–H and O–H groups in total. The van der Waals surface area contributed by atoms with Gasteiger partial charge < -0.3 is 24.5 Å². The third kappa shape index (κ3) is 6.47. The zero-order valence-corrected chi connectivity index (χ0v) is 21.2. The largest absolute Gasteiger partial charge is 0.482 e. The molecule has 0 unspecified atom stereocenters. The van der Waals surface area contributed by atoms with Crippen LogP contribution in [0.15, 0.2) is 40.9 Å². The number of benzene rings is 2. The van der Waals surface area contributed by atoms with Crippen molar-refractivity contribution in [1.29, 1.82) is 0 Å². The molecule has 0 saturated carbocycles. The molecule has 4 aromatic rings. The van der Waals surface area contributed by atoms with E-state index in [1.54, 1.807) is 12.1 Å². The van der Waals surface area contributed by atoms with Crippen molar-refractivity contribution in [2.75, 3.05) is 19.7 Å². The molecule has 2 aromatic carbocycles. The van der Waals surface area contributed by atoms with Gasteiger partial charge in [0.1, 0.15) is 5.75 Å². The van der Waals surface area contributed by atoms with Crippen molar-refractivity contribution in [1.82, 2.24) is 30.3 Å². The van der Waals surface area contributed by atoms with Gasteiger partial charge in [-0.25, -0.2) is 4.98 Å². The Labute approximate surface area is 227 Å². The lowest BCUT2D eigenvalue weighted by Gasteiger charge is -2.10. The zero-order valence-electron chi connectivity index (χ0n) is 19.0. The molecule has 2 aromatic heterocycles. The minimum Gasteiger partial charge on any atom is -0.482 e. The van der Waals surface area contributed by atoms with E-state index in [-0.39, 0.29) is 57.4 Å². The van der Waals surface area contributed by atoms with Crippen LogP contribution >= 0.6 is 34.8 Å². The van der Waals surface area contributed by atoms with Gasteiger partial charge in [0.25, 0.3) is 5.91 Å². The Kier molecular flexibility index (Phi) is 8.29. The number of carbonyl (C=O) groups excluding carboxylic acids is 2. The first-order valence-electron chi connectivity index (χ1n) is 10.7. The maximum absolute atomic E-state index is 13.5. The highest BCUT2D eigenvalue weighted by Gasteiger charge is 2.38. The van der Waals surface area contributed by atoms with Crippen LogP contribution in [0.5, 0.6) is 5.75 Å². The molecule has 0 aliphatic rings. The minimum atomic E-state index is -4.72. The number of hydrogen-bond acceptors (Lipinski definition) is 7. The summed E-state index contributed by atoms with van der Waals surface area (Å²) in [5.74, 6) is -2.85. The normalized spacial score (nSPS) is 11.5. The number of halogens is 6. The van der Waals surface area contributed by atoms with E-state index in [1.165, 1.54) is 24.3 Å². The van der Waals surface area contributed by atoms with Crippen LogP contribution in [0.1, 0.15) is 22.3 Å². The van der Waals surface area contributed by atoms with Crippen molar-refractivity contribution in [3.8, 4) is 5.75 Å². The van der Waals surface area contributed by atoms with E-state index < -0.39 is 36.3 Å². The van der Waals surface area contributed by atoms with Crippen molar-refractivity contribution in [2.24, 2.45) is 0 Å². The van der Waals surface area contributed by atoms with E-state index in [0.717, 1.165) is 4.57 Å². The number of carbonyl (C=O) groups is 2. The van der Waals surface area contributed by atoms with Gasteiger partial charge in [0.15, 0.2) is 12.4 Å². The SMILES string of the molecule is O=C(COc1cc(Cl)c(Cl)cc1Cl)NCCNC(=O)c1nc(Cn2c(C(F)(F)F)nc3ccccc32)no1. The lowest BCUT2D eigenvalue weighted by molar-refractivity contribution is -0.146. The van der Waals surface area contributed by atoms with Crippen molar-refractivity contribution in [2.45, 2.75) is 12.7 Å². The highest BCUT2D eigenvalue weighted by atomic mass is 35.5. The number of para-hydroxylation sites is 2. The number of alkyl halides is 3. The second-order valence-electron chi connectivity index (χ2n) is 7.62. The fourth-order valence-electron chi connectivity index (χ4n) is 3.27. The van der Waals surface area contributed by atoms with E-state index in [2.05, 4.69) is 25.8 Å². The van der Waals surface area contributed by atoms with Gasteiger partial charge in [-0.2, -0.15) is 18.2 Å². The number of hydrogen-bond donors (Lipinski definition) is 2. The predicted molar refractivity (Wildman–Crippen MR) is 130 cm³/mol. The smallest absolute Gasteiger partial charge is 0.449 e. The summed E-state index contributed by atoms with van der Waals surface area (Å²) in [6.45, 7) is -0.785. The molecule has 0 aliphatic heterocycles. The number of imidazole rings is 1. The van der Waals surface area contributed by atoms with Crippen LogP contribution in [0.2, 0.25) is 15.1 Å². The van der Waals surface area contributed by atoms with Gasteiger partial charge in [0, 0.05) is 19.2 Å². The highest BCUT2D eigenvalue weighted by molar-refractivity contribution is 6.43. The van der Waals surface area contributed by atoms with Crippen LogP contribution in [0, 0.1) is 0 Å². The van der Waals surface area contributed by atoms with Crippen molar-refractivity contribution >= 4 is 57.7 Å². The number of rotatable bonds is 9. The minimum absolute atomic E-state index is 0.0137. The van der Waals surface area contributed by atoms with Gasteiger partial charge in [0.2, 0.25) is 5.82 Å². The fourth-order valence-corrected chi connectivity index (χ4v) is 3.86.